The van der Waals surface area contributed by atoms with E-state index in [9.17, 15) is 22.8 Å². The average Bonchev–Trinajstić information content (AvgIpc) is 3.40. The van der Waals surface area contributed by atoms with Crippen LogP contribution in [0.1, 0.15) is 36.2 Å². The van der Waals surface area contributed by atoms with E-state index in [1.54, 1.807) is 0 Å². The van der Waals surface area contributed by atoms with Crippen LogP contribution < -0.4 is 5.32 Å². The van der Waals surface area contributed by atoms with E-state index in [0.29, 0.717) is 31.0 Å². The van der Waals surface area contributed by atoms with E-state index in [0.717, 1.165) is 38.7 Å². The van der Waals surface area contributed by atoms with Crippen molar-refractivity contribution in [3.05, 3.63) is 41.3 Å². The quantitative estimate of drug-likeness (QED) is 0.715. The summed E-state index contributed by atoms with van der Waals surface area (Å²) in [4.78, 5) is 30.0. The van der Waals surface area contributed by atoms with Crippen LogP contribution in [0.2, 0.25) is 0 Å². The monoisotopic (exact) mass is 462 g/mol. The summed E-state index contributed by atoms with van der Waals surface area (Å²) in [6, 6.07) is 1.80. The molecule has 3 fully saturated rings. The molecule has 2 aromatic rings. The van der Waals surface area contributed by atoms with Gasteiger partial charge in [0.2, 0.25) is 5.91 Å². The largest absolute Gasteiger partial charge is 0.355 e. The van der Waals surface area contributed by atoms with E-state index >= 15 is 0 Å². The molecule has 0 radical (unpaired) electrons. The number of nitrogens with one attached hydrogen (secondary N) is 1. The molecule has 3 aliphatic rings. The molecule has 1 N–H and O–H groups in total. The zero-order chi connectivity index (χ0) is 23.1. The molecule has 33 heavy (non-hydrogen) atoms. The summed E-state index contributed by atoms with van der Waals surface area (Å²) < 4.78 is 46.3. The Kier molecular flexibility index (Phi) is 5.86. The highest BCUT2D eigenvalue weighted by molar-refractivity contribution is 5.94. The number of rotatable bonds is 6. The fourth-order valence-electron chi connectivity index (χ4n) is 4.56. The molecule has 2 amide bonds. The second-order valence-electron chi connectivity index (χ2n) is 9.18. The second kappa shape index (κ2) is 8.81. The molecule has 1 saturated carbocycles. The van der Waals surface area contributed by atoms with Crippen molar-refractivity contribution in [2.45, 2.75) is 31.7 Å². The van der Waals surface area contributed by atoms with Gasteiger partial charge in [-0.15, -0.1) is 0 Å². The molecule has 1 aromatic carbocycles. The van der Waals surface area contributed by atoms with Gasteiger partial charge in [-0.05, 0) is 31.6 Å². The lowest BCUT2D eigenvalue weighted by Gasteiger charge is -2.42. The van der Waals surface area contributed by atoms with Crippen LogP contribution in [0.3, 0.4) is 0 Å². The van der Waals surface area contributed by atoms with Crippen molar-refractivity contribution in [2.24, 2.45) is 11.8 Å². The molecule has 10 heteroatoms. The highest BCUT2D eigenvalue weighted by Crippen LogP contribution is 2.32. The molecule has 1 aliphatic carbocycles. The van der Waals surface area contributed by atoms with Crippen LogP contribution in [0.5, 0.6) is 0 Å². The summed E-state index contributed by atoms with van der Waals surface area (Å²) in [5, 5.41) is 6.52. The highest BCUT2D eigenvalue weighted by Gasteiger charge is 2.40. The Morgan fingerprint density at radius 1 is 1.06 bits per heavy atom. The van der Waals surface area contributed by atoms with Crippen molar-refractivity contribution in [1.82, 2.24) is 20.3 Å². The molecular weight excluding hydrogens is 437 g/mol. The number of hydrogen-bond donors (Lipinski definition) is 1. The zero-order valence-corrected chi connectivity index (χ0v) is 18.0. The number of benzene rings is 1. The number of carbonyl (C=O) groups excluding carboxylic acids is 2. The van der Waals surface area contributed by atoms with Gasteiger partial charge in [0.1, 0.15) is 17.5 Å². The summed E-state index contributed by atoms with van der Waals surface area (Å²) in [5.74, 6) is -3.88. The average molecular weight is 462 g/mol. The first-order valence-electron chi connectivity index (χ1n) is 11.3. The molecule has 3 heterocycles. The normalized spacial score (nSPS) is 23.3. The topological polar surface area (TPSA) is 78.7 Å². The predicted molar refractivity (Wildman–Crippen MR) is 112 cm³/mol. The third-order valence-electron chi connectivity index (χ3n) is 6.71. The molecule has 7 nitrogen and oxygen atoms in total. The molecule has 1 aromatic heterocycles. The van der Waals surface area contributed by atoms with E-state index in [1.807, 2.05) is 4.90 Å². The molecule has 2 aliphatic heterocycles. The van der Waals surface area contributed by atoms with Gasteiger partial charge >= 0.3 is 0 Å². The second-order valence-corrected chi connectivity index (χ2v) is 9.18. The maximum absolute atomic E-state index is 14.1. The molecule has 0 bridgehead atoms. The van der Waals surface area contributed by atoms with Crippen LogP contribution in [0.4, 0.5) is 13.2 Å². The van der Waals surface area contributed by atoms with Gasteiger partial charge in [0, 0.05) is 57.0 Å². The first-order valence-corrected chi connectivity index (χ1v) is 11.3. The van der Waals surface area contributed by atoms with Crippen LogP contribution in [0.25, 0.3) is 11.3 Å². The number of nitrogens with zero attached hydrogens (tertiary/aromatic N) is 3. The van der Waals surface area contributed by atoms with E-state index in [-0.39, 0.29) is 29.3 Å². The summed E-state index contributed by atoms with van der Waals surface area (Å²) in [7, 11) is 0. The zero-order valence-electron chi connectivity index (χ0n) is 18.0. The van der Waals surface area contributed by atoms with Crippen molar-refractivity contribution in [3.8, 4) is 11.3 Å². The Bertz CT molecular complexity index is 1040. The summed E-state index contributed by atoms with van der Waals surface area (Å²) in [5.41, 5.74) is -0.758. The third-order valence-corrected chi connectivity index (χ3v) is 6.71. The van der Waals surface area contributed by atoms with Gasteiger partial charge < -0.3 is 19.6 Å². The predicted octanol–water partition coefficient (Wildman–Crippen LogP) is 2.82. The lowest BCUT2D eigenvalue weighted by Crippen LogP contribution is -2.58. The Labute approximate surface area is 188 Å². The summed E-state index contributed by atoms with van der Waals surface area (Å²) in [6.07, 6.45) is 4.06. The van der Waals surface area contributed by atoms with Crippen molar-refractivity contribution >= 4 is 11.8 Å². The van der Waals surface area contributed by atoms with Crippen LogP contribution in [0.15, 0.2) is 22.7 Å². The maximum atomic E-state index is 14.1. The fourth-order valence-corrected chi connectivity index (χ4v) is 4.56. The lowest BCUT2D eigenvalue weighted by molar-refractivity contribution is -0.141. The first-order chi connectivity index (χ1) is 15.9. The smallest absolute Gasteiger partial charge is 0.273 e. The molecule has 0 unspecified atom stereocenters. The van der Waals surface area contributed by atoms with Crippen molar-refractivity contribution in [2.75, 3.05) is 32.7 Å². The molecule has 5 rings (SSSR count). The summed E-state index contributed by atoms with van der Waals surface area (Å²) >= 11 is 0. The SMILES string of the molecule is O=C(N[C@@H]1CCN(CC2CC2)C[C@H]1C(=O)N1CCC1)c1cc(-c2c(F)cc(F)cc2F)on1. The minimum atomic E-state index is -1.15. The number of aromatic nitrogens is 1. The van der Waals surface area contributed by atoms with Gasteiger partial charge in [-0.3, -0.25) is 9.59 Å². The number of hydrogen-bond acceptors (Lipinski definition) is 5. The molecule has 176 valence electrons. The van der Waals surface area contributed by atoms with E-state index in [1.165, 1.54) is 12.8 Å². The summed E-state index contributed by atoms with van der Waals surface area (Å²) in [6.45, 7) is 3.82. The Balaban J connectivity index is 1.30. The Hall–Kier alpha value is -2.88. The molecule has 2 saturated heterocycles. The fraction of sp³-hybridized carbons (Fsp3) is 0.522. The lowest BCUT2D eigenvalue weighted by atomic mass is 9.89. The van der Waals surface area contributed by atoms with Gasteiger partial charge in [0.15, 0.2) is 11.5 Å². The van der Waals surface area contributed by atoms with Crippen LogP contribution in [0, 0.1) is 29.3 Å². The third kappa shape index (κ3) is 4.62. The molecule has 0 spiro atoms. The van der Waals surface area contributed by atoms with Crippen LogP contribution in [-0.4, -0.2) is 65.5 Å². The van der Waals surface area contributed by atoms with Crippen LogP contribution in [-0.2, 0) is 4.79 Å². The Morgan fingerprint density at radius 2 is 1.79 bits per heavy atom. The van der Waals surface area contributed by atoms with Gasteiger partial charge in [-0.25, -0.2) is 13.2 Å². The Morgan fingerprint density at radius 3 is 2.42 bits per heavy atom. The number of amides is 2. The van der Waals surface area contributed by atoms with Gasteiger partial charge in [-0.2, -0.15) is 0 Å². The minimum Gasteiger partial charge on any atom is -0.355 e. The number of piperidine rings is 1. The van der Waals surface area contributed by atoms with Crippen molar-refractivity contribution < 1.29 is 27.3 Å². The standard InChI is InChI=1S/C23H25F3N4O3/c24-14-8-16(25)21(17(26)9-14)20-10-19(28-33-20)22(31)27-18-4-7-29(11-13-2-3-13)12-15(18)23(32)30-5-1-6-30/h8-10,13,15,18H,1-7,11-12H2,(H,27,31)/t15-,18-/m1/s1. The van der Waals surface area contributed by atoms with Gasteiger partial charge in [0.25, 0.3) is 5.91 Å². The number of carbonyl (C=O) groups is 2. The minimum absolute atomic E-state index is 0.0448. The first kappa shape index (κ1) is 21.9. The van der Waals surface area contributed by atoms with E-state index < -0.39 is 28.9 Å². The van der Waals surface area contributed by atoms with E-state index in [4.69, 9.17) is 4.52 Å². The van der Waals surface area contributed by atoms with Crippen molar-refractivity contribution in [1.29, 1.82) is 0 Å². The van der Waals surface area contributed by atoms with Crippen LogP contribution >= 0.6 is 0 Å². The number of halogens is 3. The van der Waals surface area contributed by atoms with Gasteiger partial charge in [0.05, 0.1) is 11.5 Å². The van der Waals surface area contributed by atoms with Gasteiger partial charge in [-0.1, -0.05) is 5.16 Å². The molecule has 2 atom stereocenters. The molecular formula is C23H25F3N4O3. The highest BCUT2D eigenvalue weighted by atomic mass is 19.1. The van der Waals surface area contributed by atoms with E-state index in [2.05, 4.69) is 15.4 Å². The maximum Gasteiger partial charge on any atom is 0.273 e. The number of likely N-dealkylation sites (tertiary alicyclic amines) is 2. The van der Waals surface area contributed by atoms with Crippen molar-refractivity contribution in [3.63, 3.8) is 0 Å².